The van der Waals surface area contributed by atoms with Crippen LogP contribution in [0.15, 0.2) is 77.5 Å². The van der Waals surface area contributed by atoms with Gasteiger partial charge in [0, 0.05) is 34.3 Å². The van der Waals surface area contributed by atoms with Crippen LogP contribution in [0.5, 0.6) is 0 Å². The van der Waals surface area contributed by atoms with Gasteiger partial charge in [-0.25, -0.2) is 0 Å². The second-order valence-electron chi connectivity index (χ2n) is 5.66. The zero-order valence-corrected chi connectivity index (χ0v) is 13.1. The number of hydrogen-bond donors (Lipinski definition) is 0. The van der Waals surface area contributed by atoms with Crippen LogP contribution in [-0.4, -0.2) is 20.2 Å². The first kappa shape index (κ1) is 13.8. The van der Waals surface area contributed by atoms with Gasteiger partial charge in [-0.15, -0.1) is 10.2 Å². The molecule has 0 atom stereocenters. The van der Waals surface area contributed by atoms with Crippen LogP contribution in [0.1, 0.15) is 0 Å². The Morgan fingerprint density at radius 1 is 0.560 bits per heavy atom. The highest BCUT2D eigenvalue weighted by molar-refractivity contribution is 5.93. The summed E-state index contributed by atoms with van der Waals surface area (Å²) in [4.78, 5) is 8.75. The molecule has 0 aliphatic carbocycles. The van der Waals surface area contributed by atoms with Gasteiger partial charge in [-0.2, -0.15) is 0 Å². The van der Waals surface area contributed by atoms with Gasteiger partial charge in [0.05, 0.1) is 11.0 Å². The number of aromatic nitrogens is 4. The minimum Gasteiger partial charge on any atom is -0.416 e. The van der Waals surface area contributed by atoms with Crippen molar-refractivity contribution in [2.75, 3.05) is 0 Å². The second-order valence-corrected chi connectivity index (χ2v) is 5.66. The van der Waals surface area contributed by atoms with Crippen LogP contribution in [0, 0.1) is 0 Å². The summed E-state index contributed by atoms with van der Waals surface area (Å²) in [6.07, 6.45) is 3.51. The third-order valence-electron chi connectivity index (χ3n) is 4.18. The number of pyridine rings is 2. The molecule has 0 saturated carbocycles. The van der Waals surface area contributed by atoms with Crippen molar-refractivity contribution in [3.05, 3.63) is 73.1 Å². The van der Waals surface area contributed by atoms with Crippen molar-refractivity contribution in [1.29, 1.82) is 0 Å². The van der Waals surface area contributed by atoms with Crippen molar-refractivity contribution < 1.29 is 4.42 Å². The number of benzene rings is 2. The van der Waals surface area contributed by atoms with Crippen molar-refractivity contribution in [3.63, 3.8) is 0 Å². The average molecular weight is 324 g/mol. The number of nitrogens with zero attached hydrogens (tertiary/aromatic N) is 4. The maximum atomic E-state index is 5.99. The van der Waals surface area contributed by atoms with Crippen LogP contribution in [0.4, 0.5) is 0 Å². The van der Waals surface area contributed by atoms with E-state index in [2.05, 4.69) is 20.2 Å². The predicted octanol–water partition coefficient (Wildman–Crippen LogP) is 4.50. The Kier molecular flexibility index (Phi) is 3.03. The Hall–Kier alpha value is -3.60. The fraction of sp³-hybridized carbons (Fsp3) is 0. The zero-order chi connectivity index (χ0) is 16.6. The molecule has 0 spiro atoms. The van der Waals surface area contributed by atoms with E-state index in [1.54, 1.807) is 12.4 Å². The predicted molar refractivity (Wildman–Crippen MR) is 95.8 cm³/mol. The Morgan fingerprint density at radius 3 is 1.56 bits per heavy atom. The first-order valence-electron chi connectivity index (χ1n) is 7.92. The maximum absolute atomic E-state index is 5.99. The van der Waals surface area contributed by atoms with E-state index in [-0.39, 0.29) is 0 Å². The van der Waals surface area contributed by atoms with Crippen molar-refractivity contribution in [2.24, 2.45) is 0 Å². The van der Waals surface area contributed by atoms with Crippen molar-refractivity contribution in [2.45, 2.75) is 0 Å². The normalized spacial score (nSPS) is 11.2. The highest BCUT2D eigenvalue weighted by Gasteiger charge is 2.15. The molecule has 0 radical (unpaired) electrons. The fourth-order valence-electron chi connectivity index (χ4n) is 3.01. The third kappa shape index (κ3) is 2.25. The highest BCUT2D eigenvalue weighted by Crippen LogP contribution is 2.31. The quantitative estimate of drug-likeness (QED) is 0.478. The Labute approximate surface area is 143 Å². The van der Waals surface area contributed by atoms with Gasteiger partial charge in [0.25, 0.3) is 0 Å². The first-order valence-corrected chi connectivity index (χ1v) is 7.92. The molecule has 5 aromatic rings. The number of rotatable bonds is 2. The van der Waals surface area contributed by atoms with Crippen LogP contribution in [0.2, 0.25) is 0 Å². The van der Waals surface area contributed by atoms with E-state index in [0.29, 0.717) is 11.8 Å². The molecule has 0 aliphatic rings. The zero-order valence-electron chi connectivity index (χ0n) is 13.1. The van der Waals surface area contributed by atoms with Gasteiger partial charge in [0.2, 0.25) is 11.8 Å². The average Bonchev–Trinajstić information content (AvgIpc) is 3.17. The summed E-state index contributed by atoms with van der Waals surface area (Å²) in [7, 11) is 0. The summed E-state index contributed by atoms with van der Waals surface area (Å²) in [5, 5.41) is 10.5. The minimum absolute atomic E-state index is 0.481. The van der Waals surface area contributed by atoms with E-state index < -0.39 is 0 Å². The molecule has 0 aliphatic heterocycles. The van der Waals surface area contributed by atoms with Gasteiger partial charge < -0.3 is 4.42 Å². The lowest BCUT2D eigenvalue weighted by atomic mass is 10.1. The highest BCUT2D eigenvalue weighted by atomic mass is 16.4. The van der Waals surface area contributed by atoms with Gasteiger partial charge in [-0.1, -0.05) is 36.4 Å². The summed E-state index contributed by atoms with van der Waals surface area (Å²) < 4.78 is 5.99. The molecule has 0 unspecified atom stereocenters. The molecule has 0 bridgehead atoms. The van der Waals surface area contributed by atoms with E-state index in [1.165, 1.54) is 0 Å². The molecule has 0 saturated heterocycles. The van der Waals surface area contributed by atoms with Gasteiger partial charge in [-0.05, 0) is 24.3 Å². The molecule has 0 N–H and O–H groups in total. The van der Waals surface area contributed by atoms with Crippen LogP contribution in [-0.2, 0) is 0 Å². The van der Waals surface area contributed by atoms with E-state index >= 15 is 0 Å². The number of para-hydroxylation sites is 2. The summed E-state index contributed by atoms with van der Waals surface area (Å²) in [5.41, 5.74) is 3.55. The van der Waals surface area contributed by atoms with Crippen molar-refractivity contribution >= 4 is 21.8 Å². The summed E-state index contributed by atoms with van der Waals surface area (Å²) in [6, 6.07) is 19.6. The minimum atomic E-state index is 0.481. The standard InChI is InChI=1S/C20H12N4O/c1-3-7-17-13(5-1)15(9-11-21-17)19-23-24-20(25-19)16-10-12-22-18-8-4-2-6-14(16)18/h1-12H. The molecule has 25 heavy (non-hydrogen) atoms. The molecular formula is C20H12N4O. The maximum Gasteiger partial charge on any atom is 0.248 e. The largest absolute Gasteiger partial charge is 0.416 e. The van der Waals surface area contributed by atoms with Gasteiger partial charge in [0.1, 0.15) is 0 Å². The molecule has 3 aromatic heterocycles. The van der Waals surface area contributed by atoms with Crippen molar-refractivity contribution in [3.8, 4) is 22.9 Å². The topological polar surface area (TPSA) is 64.7 Å². The molecule has 5 heteroatoms. The van der Waals surface area contributed by atoms with E-state index in [0.717, 1.165) is 32.9 Å². The summed E-state index contributed by atoms with van der Waals surface area (Å²) in [6.45, 7) is 0. The summed E-state index contributed by atoms with van der Waals surface area (Å²) >= 11 is 0. The molecule has 118 valence electrons. The number of hydrogen-bond acceptors (Lipinski definition) is 5. The lowest BCUT2D eigenvalue weighted by Gasteiger charge is -2.02. The monoisotopic (exact) mass is 324 g/mol. The van der Waals surface area contributed by atoms with E-state index in [4.69, 9.17) is 4.42 Å². The molecule has 0 amide bonds. The van der Waals surface area contributed by atoms with E-state index in [9.17, 15) is 0 Å². The molecule has 0 fully saturated rings. The fourth-order valence-corrected chi connectivity index (χ4v) is 3.01. The SMILES string of the molecule is c1ccc2c(-c3nnc(-c4ccnc5ccccc45)o3)ccnc2c1. The van der Waals surface area contributed by atoms with Gasteiger partial charge in [-0.3, -0.25) is 9.97 Å². The van der Waals surface area contributed by atoms with Crippen LogP contribution < -0.4 is 0 Å². The number of fused-ring (bicyclic) bond motifs is 2. The lowest BCUT2D eigenvalue weighted by Crippen LogP contribution is -1.83. The van der Waals surface area contributed by atoms with Gasteiger partial charge in [0.15, 0.2) is 0 Å². The van der Waals surface area contributed by atoms with E-state index in [1.807, 2.05) is 60.7 Å². The molecule has 3 heterocycles. The first-order chi connectivity index (χ1) is 12.4. The molecular weight excluding hydrogens is 312 g/mol. The Balaban J connectivity index is 1.69. The Bertz CT molecular complexity index is 1110. The van der Waals surface area contributed by atoms with Crippen LogP contribution in [0.3, 0.4) is 0 Å². The van der Waals surface area contributed by atoms with Gasteiger partial charge >= 0.3 is 0 Å². The van der Waals surface area contributed by atoms with Crippen LogP contribution >= 0.6 is 0 Å². The second kappa shape index (κ2) is 5.49. The van der Waals surface area contributed by atoms with Crippen molar-refractivity contribution in [1.82, 2.24) is 20.2 Å². The smallest absolute Gasteiger partial charge is 0.248 e. The summed E-state index contributed by atoms with van der Waals surface area (Å²) in [5.74, 6) is 0.962. The van der Waals surface area contributed by atoms with Crippen LogP contribution in [0.25, 0.3) is 44.7 Å². The molecule has 5 rings (SSSR count). The third-order valence-corrected chi connectivity index (χ3v) is 4.18. The molecule has 2 aromatic carbocycles. The Morgan fingerprint density at radius 2 is 1.04 bits per heavy atom. The molecule has 5 nitrogen and oxygen atoms in total. The lowest BCUT2D eigenvalue weighted by molar-refractivity contribution is 0.585.